The van der Waals surface area contributed by atoms with Crippen LogP contribution in [0.3, 0.4) is 0 Å². The number of para-hydroxylation sites is 1. The summed E-state index contributed by atoms with van der Waals surface area (Å²) < 4.78 is 36.7. The molecule has 148 valence electrons. The van der Waals surface area contributed by atoms with Crippen LogP contribution in [0.2, 0.25) is 0 Å². The summed E-state index contributed by atoms with van der Waals surface area (Å²) in [5.41, 5.74) is 5.10. The van der Waals surface area contributed by atoms with Crippen molar-refractivity contribution in [3.05, 3.63) is 65.2 Å². The van der Waals surface area contributed by atoms with Gasteiger partial charge in [0.15, 0.2) is 13.2 Å². The highest BCUT2D eigenvalue weighted by Gasteiger charge is 2.18. The normalized spacial score (nSPS) is 11.4. The highest BCUT2D eigenvalue weighted by molar-refractivity contribution is 5.94. The van der Waals surface area contributed by atoms with Crippen molar-refractivity contribution in [1.29, 1.82) is 0 Å². The lowest BCUT2D eigenvalue weighted by Gasteiger charge is -2.15. The van der Waals surface area contributed by atoms with E-state index < -0.39 is 48.7 Å². The van der Waals surface area contributed by atoms with Gasteiger partial charge in [-0.25, -0.2) is 13.6 Å². The van der Waals surface area contributed by atoms with Gasteiger partial charge in [0, 0.05) is 11.6 Å². The molecule has 0 aliphatic carbocycles. The van der Waals surface area contributed by atoms with E-state index in [0.29, 0.717) is 6.07 Å². The Bertz CT molecular complexity index is 888. The van der Waals surface area contributed by atoms with E-state index in [4.69, 9.17) is 15.2 Å². The smallest absolute Gasteiger partial charge is 0.342 e. The highest BCUT2D eigenvalue weighted by atomic mass is 19.1. The topological polar surface area (TPSA) is 108 Å². The van der Waals surface area contributed by atoms with Gasteiger partial charge in [0.2, 0.25) is 0 Å². The lowest BCUT2D eigenvalue weighted by molar-refractivity contribution is -0.124. The quantitative estimate of drug-likeness (QED) is 0.667. The predicted molar refractivity (Wildman–Crippen MR) is 94.3 cm³/mol. The molecule has 2 amide bonds. The number of hydrogen-bond donors (Lipinski definition) is 2. The van der Waals surface area contributed by atoms with Crippen molar-refractivity contribution < 1.29 is 32.6 Å². The van der Waals surface area contributed by atoms with Crippen LogP contribution in [0, 0.1) is 11.6 Å². The van der Waals surface area contributed by atoms with E-state index in [-0.39, 0.29) is 16.9 Å². The molecule has 2 rings (SSSR count). The second kappa shape index (κ2) is 9.45. The molecule has 1 atom stereocenters. The molecule has 0 aromatic heterocycles. The van der Waals surface area contributed by atoms with Gasteiger partial charge in [-0.3, -0.25) is 9.59 Å². The molecular formula is C19H18F2N2O5. The van der Waals surface area contributed by atoms with Crippen molar-refractivity contribution in [2.24, 2.45) is 5.73 Å². The van der Waals surface area contributed by atoms with E-state index >= 15 is 0 Å². The third kappa shape index (κ3) is 5.76. The largest absolute Gasteiger partial charge is 0.483 e. The maximum atomic E-state index is 13.7. The van der Waals surface area contributed by atoms with Crippen LogP contribution in [0.1, 0.15) is 28.9 Å². The SMILES string of the molecule is CC(NC(=O)COC(=O)c1ccccc1OCC(N)=O)c1ccc(F)cc1F. The molecule has 0 fully saturated rings. The molecule has 0 saturated carbocycles. The maximum Gasteiger partial charge on any atom is 0.342 e. The number of ether oxygens (including phenoxy) is 2. The molecule has 0 saturated heterocycles. The number of primary amides is 1. The fraction of sp³-hybridized carbons (Fsp3) is 0.211. The van der Waals surface area contributed by atoms with E-state index in [1.54, 1.807) is 12.1 Å². The number of amides is 2. The molecule has 7 nitrogen and oxygen atoms in total. The van der Waals surface area contributed by atoms with Crippen LogP contribution in [0.5, 0.6) is 5.75 Å². The molecule has 0 radical (unpaired) electrons. The van der Waals surface area contributed by atoms with Gasteiger partial charge in [-0.2, -0.15) is 0 Å². The lowest BCUT2D eigenvalue weighted by Crippen LogP contribution is -2.31. The summed E-state index contributed by atoms with van der Waals surface area (Å²) in [5.74, 6) is -3.70. The molecule has 0 bridgehead atoms. The monoisotopic (exact) mass is 392 g/mol. The Labute approximate surface area is 159 Å². The van der Waals surface area contributed by atoms with Crippen LogP contribution >= 0.6 is 0 Å². The molecule has 0 heterocycles. The number of rotatable bonds is 8. The third-order valence-corrected chi connectivity index (χ3v) is 3.62. The number of carbonyl (C=O) groups is 3. The summed E-state index contributed by atoms with van der Waals surface area (Å²) in [7, 11) is 0. The zero-order chi connectivity index (χ0) is 20.7. The zero-order valence-electron chi connectivity index (χ0n) is 14.9. The summed E-state index contributed by atoms with van der Waals surface area (Å²) in [6, 6.07) is 8.20. The first-order chi connectivity index (χ1) is 13.3. The number of hydrogen-bond acceptors (Lipinski definition) is 5. The Morgan fingerprint density at radius 3 is 2.50 bits per heavy atom. The van der Waals surface area contributed by atoms with Gasteiger partial charge < -0.3 is 20.5 Å². The van der Waals surface area contributed by atoms with Gasteiger partial charge in [-0.15, -0.1) is 0 Å². The Balaban J connectivity index is 1.94. The van der Waals surface area contributed by atoms with Gasteiger partial charge in [0.05, 0.1) is 6.04 Å². The Morgan fingerprint density at radius 2 is 1.82 bits per heavy atom. The maximum absolute atomic E-state index is 13.7. The second-order valence-electron chi connectivity index (χ2n) is 5.78. The van der Waals surface area contributed by atoms with Crippen molar-refractivity contribution in [3.8, 4) is 5.75 Å². The number of halogens is 2. The average molecular weight is 392 g/mol. The molecule has 1 unspecified atom stereocenters. The summed E-state index contributed by atoms with van der Waals surface area (Å²) in [6.07, 6.45) is 0. The van der Waals surface area contributed by atoms with E-state index in [2.05, 4.69) is 5.32 Å². The van der Waals surface area contributed by atoms with Gasteiger partial charge in [-0.05, 0) is 25.1 Å². The predicted octanol–water partition coefficient (Wildman–Crippen LogP) is 1.86. The van der Waals surface area contributed by atoms with Crippen molar-refractivity contribution in [2.45, 2.75) is 13.0 Å². The minimum atomic E-state index is -0.851. The van der Waals surface area contributed by atoms with Crippen LogP contribution < -0.4 is 15.8 Å². The summed E-state index contributed by atoms with van der Waals surface area (Å²) in [4.78, 5) is 34.9. The van der Waals surface area contributed by atoms with Gasteiger partial charge in [0.25, 0.3) is 11.8 Å². The average Bonchev–Trinajstić information content (AvgIpc) is 2.64. The van der Waals surface area contributed by atoms with Gasteiger partial charge >= 0.3 is 5.97 Å². The summed E-state index contributed by atoms with van der Waals surface area (Å²) in [6.45, 7) is 0.449. The molecule has 2 aromatic rings. The minimum absolute atomic E-state index is 0.00850. The fourth-order valence-electron chi connectivity index (χ4n) is 2.33. The fourth-order valence-corrected chi connectivity index (χ4v) is 2.33. The van der Waals surface area contributed by atoms with Crippen LogP contribution in [0.4, 0.5) is 8.78 Å². The standard InChI is InChI=1S/C19H18F2N2O5/c1-11(13-7-6-12(20)8-15(13)21)23-18(25)10-28-19(26)14-4-2-3-5-16(14)27-9-17(22)24/h2-8,11H,9-10H2,1H3,(H2,22,24)(H,23,25). The molecular weight excluding hydrogens is 374 g/mol. The van der Waals surface area contributed by atoms with E-state index in [1.807, 2.05) is 0 Å². The van der Waals surface area contributed by atoms with E-state index in [9.17, 15) is 23.2 Å². The first-order valence-electron chi connectivity index (χ1n) is 8.19. The first-order valence-corrected chi connectivity index (χ1v) is 8.19. The van der Waals surface area contributed by atoms with Crippen molar-refractivity contribution >= 4 is 17.8 Å². The van der Waals surface area contributed by atoms with E-state index in [1.165, 1.54) is 25.1 Å². The number of nitrogens with two attached hydrogens (primary N) is 1. The Morgan fingerprint density at radius 1 is 1.11 bits per heavy atom. The molecule has 28 heavy (non-hydrogen) atoms. The number of esters is 1. The van der Waals surface area contributed by atoms with Crippen LogP contribution in [-0.4, -0.2) is 31.0 Å². The molecule has 2 aromatic carbocycles. The minimum Gasteiger partial charge on any atom is -0.483 e. The summed E-state index contributed by atoms with van der Waals surface area (Å²) in [5, 5.41) is 2.45. The molecule has 0 aliphatic rings. The van der Waals surface area contributed by atoms with Crippen LogP contribution in [0.15, 0.2) is 42.5 Å². The zero-order valence-corrected chi connectivity index (χ0v) is 14.9. The molecule has 0 spiro atoms. The van der Waals surface area contributed by atoms with E-state index in [0.717, 1.165) is 6.07 Å². The highest BCUT2D eigenvalue weighted by Crippen LogP contribution is 2.19. The lowest BCUT2D eigenvalue weighted by atomic mass is 10.1. The molecule has 3 N–H and O–H groups in total. The van der Waals surface area contributed by atoms with Gasteiger partial charge in [-0.1, -0.05) is 18.2 Å². The molecule has 0 aliphatic heterocycles. The van der Waals surface area contributed by atoms with Crippen molar-refractivity contribution in [1.82, 2.24) is 5.32 Å². The summed E-state index contributed by atoms with van der Waals surface area (Å²) >= 11 is 0. The number of nitrogens with one attached hydrogen (secondary N) is 1. The van der Waals surface area contributed by atoms with Gasteiger partial charge in [0.1, 0.15) is 22.9 Å². The second-order valence-corrected chi connectivity index (χ2v) is 5.78. The Kier molecular flexibility index (Phi) is 7.02. The third-order valence-electron chi connectivity index (χ3n) is 3.62. The van der Waals surface area contributed by atoms with Crippen LogP contribution in [0.25, 0.3) is 0 Å². The van der Waals surface area contributed by atoms with Crippen molar-refractivity contribution in [2.75, 3.05) is 13.2 Å². The number of carbonyl (C=O) groups excluding carboxylic acids is 3. The van der Waals surface area contributed by atoms with Crippen molar-refractivity contribution in [3.63, 3.8) is 0 Å². The first kappa shape index (κ1) is 20.8. The van der Waals surface area contributed by atoms with Crippen LogP contribution in [-0.2, 0) is 14.3 Å². The number of benzene rings is 2. The molecule has 9 heteroatoms. The Hall–Kier alpha value is -3.49.